The SMILES string of the molecule is C[C@@H](Oc1ccc(C(=O)NCc2cccnc2-n2cncn2)cn1)c1ccccc1. The molecule has 0 aliphatic heterocycles. The fourth-order valence-electron chi connectivity index (χ4n) is 2.93. The van der Waals surface area contributed by atoms with Crippen LogP contribution in [0, 0.1) is 0 Å². The van der Waals surface area contributed by atoms with Crippen molar-refractivity contribution in [2.75, 3.05) is 0 Å². The van der Waals surface area contributed by atoms with Gasteiger partial charge in [-0.05, 0) is 24.6 Å². The molecule has 0 bridgehead atoms. The van der Waals surface area contributed by atoms with Crippen LogP contribution in [0.5, 0.6) is 5.88 Å². The number of ether oxygens (including phenoxy) is 1. The van der Waals surface area contributed by atoms with Crippen LogP contribution >= 0.6 is 0 Å². The average Bonchev–Trinajstić information content (AvgIpc) is 3.33. The van der Waals surface area contributed by atoms with E-state index in [4.69, 9.17) is 4.74 Å². The Morgan fingerprint density at radius 3 is 2.70 bits per heavy atom. The van der Waals surface area contributed by atoms with E-state index >= 15 is 0 Å². The summed E-state index contributed by atoms with van der Waals surface area (Å²) in [5.41, 5.74) is 2.32. The molecule has 0 saturated heterocycles. The normalized spacial score (nSPS) is 11.6. The number of amides is 1. The molecule has 8 heteroatoms. The van der Waals surface area contributed by atoms with Crippen LogP contribution in [-0.2, 0) is 6.54 Å². The molecule has 1 aromatic carbocycles. The Kier molecular flexibility index (Phi) is 5.75. The van der Waals surface area contributed by atoms with E-state index in [1.165, 1.54) is 12.5 Å². The van der Waals surface area contributed by atoms with Crippen LogP contribution in [0.25, 0.3) is 5.82 Å². The number of carbonyl (C=O) groups excluding carboxylic acids is 1. The highest BCUT2D eigenvalue weighted by atomic mass is 16.5. The number of aromatic nitrogens is 5. The van der Waals surface area contributed by atoms with Gasteiger partial charge >= 0.3 is 0 Å². The molecule has 0 fully saturated rings. The van der Waals surface area contributed by atoms with E-state index in [2.05, 4.69) is 25.4 Å². The largest absolute Gasteiger partial charge is 0.470 e. The number of nitrogens with zero attached hydrogens (tertiary/aromatic N) is 5. The van der Waals surface area contributed by atoms with Crippen molar-refractivity contribution in [1.82, 2.24) is 30.0 Å². The molecule has 0 saturated carbocycles. The van der Waals surface area contributed by atoms with Gasteiger partial charge in [0.25, 0.3) is 5.91 Å². The smallest absolute Gasteiger partial charge is 0.253 e. The number of rotatable bonds is 7. The van der Waals surface area contributed by atoms with E-state index in [1.54, 1.807) is 29.3 Å². The molecule has 0 unspecified atom stereocenters. The summed E-state index contributed by atoms with van der Waals surface area (Å²) in [4.78, 5) is 25.0. The van der Waals surface area contributed by atoms with Gasteiger partial charge in [0.05, 0.1) is 5.56 Å². The molecule has 150 valence electrons. The summed E-state index contributed by atoms with van der Waals surface area (Å²) < 4.78 is 7.41. The molecule has 1 amide bonds. The minimum absolute atomic E-state index is 0.140. The molecule has 30 heavy (non-hydrogen) atoms. The van der Waals surface area contributed by atoms with E-state index in [0.717, 1.165) is 11.1 Å². The molecule has 4 aromatic rings. The van der Waals surface area contributed by atoms with Gasteiger partial charge in [-0.15, -0.1) is 0 Å². The van der Waals surface area contributed by atoms with Gasteiger partial charge in [-0.1, -0.05) is 36.4 Å². The molecule has 0 aliphatic rings. The molecule has 1 N–H and O–H groups in total. The van der Waals surface area contributed by atoms with Crippen molar-refractivity contribution in [3.63, 3.8) is 0 Å². The number of nitrogens with one attached hydrogen (secondary N) is 1. The molecular formula is C22H20N6O2. The van der Waals surface area contributed by atoms with E-state index < -0.39 is 0 Å². The van der Waals surface area contributed by atoms with Crippen molar-refractivity contribution in [2.24, 2.45) is 0 Å². The Morgan fingerprint density at radius 1 is 1.10 bits per heavy atom. The van der Waals surface area contributed by atoms with Crippen LogP contribution in [0.2, 0.25) is 0 Å². The summed E-state index contributed by atoms with van der Waals surface area (Å²) in [6.07, 6.45) is 6.03. The standard InChI is InChI=1S/C22H20N6O2/c1-16(17-6-3-2-4-7-17)30-20-10-9-19(13-25-20)22(29)26-12-18-8-5-11-24-21(18)28-15-23-14-27-28/h2-11,13-16H,12H2,1H3,(H,26,29)/t16-/m1/s1. The van der Waals surface area contributed by atoms with Crippen LogP contribution in [0.4, 0.5) is 0 Å². The Hall–Kier alpha value is -4.07. The summed E-state index contributed by atoms with van der Waals surface area (Å²) in [7, 11) is 0. The first-order valence-corrected chi connectivity index (χ1v) is 9.45. The summed E-state index contributed by atoms with van der Waals surface area (Å²) in [5.74, 6) is 0.842. The third-order valence-corrected chi connectivity index (χ3v) is 4.51. The van der Waals surface area contributed by atoms with E-state index in [9.17, 15) is 4.79 Å². The quantitative estimate of drug-likeness (QED) is 0.512. The number of pyridine rings is 2. The van der Waals surface area contributed by atoms with E-state index in [1.807, 2.05) is 49.4 Å². The molecule has 3 heterocycles. The molecule has 0 radical (unpaired) electrons. The third kappa shape index (κ3) is 4.49. The predicted molar refractivity (Wildman–Crippen MR) is 110 cm³/mol. The second-order valence-corrected chi connectivity index (χ2v) is 6.56. The van der Waals surface area contributed by atoms with E-state index in [0.29, 0.717) is 23.8 Å². The zero-order valence-corrected chi connectivity index (χ0v) is 16.3. The zero-order valence-electron chi connectivity index (χ0n) is 16.3. The first-order chi connectivity index (χ1) is 14.7. The Balaban J connectivity index is 1.38. The van der Waals surface area contributed by atoms with Crippen LogP contribution in [0.3, 0.4) is 0 Å². The maximum atomic E-state index is 12.5. The lowest BCUT2D eigenvalue weighted by molar-refractivity contribution is 0.0950. The fourth-order valence-corrected chi connectivity index (χ4v) is 2.93. The van der Waals surface area contributed by atoms with Gasteiger partial charge in [-0.2, -0.15) is 5.10 Å². The molecular weight excluding hydrogens is 380 g/mol. The van der Waals surface area contributed by atoms with Crippen molar-refractivity contribution >= 4 is 5.91 Å². The monoisotopic (exact) mass is 400 g/mol. The van der Waals surface area contributed by atoms with Gasteiger partial charge in [-0.25, -0.2) is 19.6 Å². The summed E-state index contributed by atoms with van der Waals surface area (Å²) in [5, 5.41) is 6.98. The Labute approximate surface area is 173 Å². The van der Waals surface area contributed by atoms with Gasteiger partial charge in [0.2, 0.25) is 5.88 Å². The van der Waals surface area contributed by atoms with Gasteiger partial charge in [-0.3, -0.25) is 4.79 Å². The molecule has 3 aromatic heterocycles. The maximum absolute atomic E-state index is 12.5. The van der Waals surface area contributed by atoms with Crippen molar-refractivity contribution in [2.45, 2.75) is 19.6 Å². The lowest BCUT2D eigenvalue weighted by Gasteiger charge is -2.14. The van der Waals surface area contributed by atoms with Crippen LogP contribution in [0.15, 0.2) is 79.6 Å². The number of benzene rings is 1. The predicted octanol–water partition coefficient (Wildman–Crippen LogP) is 3.13. The highest BCUT2D eigenvalue weighted by Crippen LogP contribution is 2.19. The van der Waals surface area contributed by atoms with Crippen LogP contribution < -0.4 is 10.1 Å². The van der Waals surface area contributed by atoms with Crippen molar-refractivity contribution < 1.29 is 9.53 Å². The Bertz CT molecular complexity index is 1100. The lowest BCUT2D eigenvalue weighted by Crippen LogP contribution is -2.24. The average molecular weight is 400 g/mol. The minimum Gasteiger partial charge on any atom is -0.470 e. The third-order valence-electron chi connectivity index (χ3n) is 4.51. The number of carbonyl (C=O) groups is 1. The van der Waals surface area contributed by atoms with E-state index in [-0.39, 0.29) is 12.0 Å². The Morgan fingerprint density at radius 2 is 1.97 bits per heavy atom. The van der Waals surface area contributed by atoms with Gasteiger partial charge in [0.1, 0.15) is 18.8 Å². The molecule has 0 aliphatic carbocycles. The van der Waals surface area contributed by atoms with Gasteiger partial charge in [0.15, 0.2) is 5.82 Å². The van der Waals surface area contributed by atoms with Crippen molar-refractivity contribution in [1.29, 1.82) is 0 Å². The van der Waals surface area contributed by atoms with Gasteiger partial charge < -0.3 is 10.1 Å². The summed E-state index contributed by atoms with van der Waals surface area (Å²) in [6.45, 7) is 2.25. The number of hydrogen-bond acceptors (Lipinski definition) is 6. The molecule has 1 atom stereocenters. The van der Waals surface area contributed by atoms with Gasteiger partial charge in [0, 0.05) is 30.6 Å². The highest BCUT2D eigenvalue weighted by Gasteiger charge is 2.12. The zero-order chi connectivity index (χ0) is 20.8. The van der Waals surface area contributed by atoms with Crippen LogP contribution in [0.1, 0.15) is 34.5 Å². The summed E-state index contributed by atoms with van der Waals surface area (Å²) in [6, 6.07) is 17.0. The molecule has 4 rings (SSSR count). The van der Waals surface area contributed by atoms with Crippen molar-refractivity contribution in [3.8, 4) is 11.7 Å². The second-order valence-electron chi connectivity index (χ2n) is 6.56. The first kappa shape index (κ1) is 19.3. The first-order valence-electron chi connectivity index (χ1n) is 9.45. The molecule has 8 nitrogen and oxygen atoms in total. The summed E-state index contributed by atoms with van der Waals surface area (Å²) >= 11 is 0. The maximum Gasteiger partial charge on any atom is 0.253 e. The fraction of sp³-hybridized carbons (Fsp3) is 0.136. The lowest BCUT2D eigenvalue weighted by atomic mass is 10.1. The minimum atomic E-state index is -0.237. The molecule has 0 spiro atoms. The topological polar surface area (TPSA) is 94.8 Å². The highest BCUT2D eigenvalue weighted by molar-refractivity contribution is 5.93. The second kappa shape index (κ2) is 8.95. The van der Waals surface area contributed by atoms with Crippen molar-refractivity contribution in [3.05, 3.63) is 96.3 Å². The van der Waals surface area contributed by atoms with Crippen LogP contribution in [-0.4, -0.2) is 30.6 Å². The number of hydrogen-bond donors (Lipinski definition) is 1.